The minimum Gasteiger partial charge on any atom is -0.496 e. The van der Waals surface area contributed by atoms with Crippen molar-refractivity contribution in [2.45, 2.75) is 6.61 Å². The van der Waals surface area contributed by atoms with Crippen molar-refractivity contribution in [1.82, 2.24) is 0 Å². The van der Waals surface area contributed by atoms with E-state index in [1.54, 1.807) is 7.11 Å². The molecular formula is C14H13BrFNO2. The van der Waals surface area contributed by atoms with E-state index in [1.165, 1.54) is 18.2 Å². The van der Waals surface area contributed by atoms with E-state index in [-0.39, 0.29) is 12.4 Å². The molecule has 0 aromatic heterocycles. The Morgan fingerprint density at radius 3 is 2.68 bits per heavy atom. The molecule has 0 aliphatic rings. The van der Waals surface area contributed by atoms with E-state index in [4.69, 9.17) is 15.2 Å². The van der Waals surface area contributed by atoms with Crippen LogP contribution in [0.3, 0.4) is 0 Å². The van der Waals surface area contributed by atoms with Gasteiger partial charge in [-0.2, -0.15) is 0 Å². The minimum absolute atomic E-state index is 0.246. The van der Waals surface area contributed by atoms with Crippen molar-refractivity contribution >= 4 is 21.6 Å². The number of halogens is 2. The number of nitrogen functional groups attached to an aromatic ring is 1. The van der Waals surface area contributed by atoms with Gasteiger partial charge >= 0.3 is 0 Å². The van der Waals surface area contributed by atoms with Gasteiger partial charge in [-0.1, -0.05) is 15.9 Å². The van der Waals surface area contributed by atoms with Crippen molar-refractivity contribution in [3.8, 4) is 11.5 Å². The summed E-state index contributed by atoms with van der Waals surface area (Å²) in [5.74, 6) is 0.644. The van der Waals surface area contributed by atoms with Gasteiger partial charge in [0.15, 0.2) is 0 Å². The van der Waals surface area contributed by atoms with Crippen LogP contribution in [0, 0.1) is 5.82 Å². The van der Waals surface area contributed by atoms with Crippen molar-refractivity contribution in [3.63, 3.8) is 0 Å². The van der Waals surface area contributed by atoms with Gasteiger partial charge in [0, 0.05) is 16.1 Å². The molecule has 19 heavy (non-hydrogen) atoms. The molecule has 2 N–H and O–H groups in total. The van der Waals surface area contributed by atoms with Gasteiger partial charge in [0.05, 0.1) is 12.8 Å². The third-order valence-corrected chi connectivity index (χ3v) is 3.09. The summed E-state index contributed by atoms with van der Waals surface area (Å²) in [6, 6.07) is 9.62. The lowest BCUT2D eigenvalue weighted by molar-refractivity contribution is 0.297. The standard InChI is InChI=1S/C14H13BrFNO2/c1-18-13-5-2-10(15)6-9(13)8-19-14-7-11(16)3-4-12(14)17/h2-7H,8,17H2,1H3. The molecule has 2 aromatic carbocycles. The molecular weight excluding hydrogens is 313 g/mol. The van der Waals surface area contributed by atoms with E-state index in [9.17, 15) is 4.39 Å². The molecule has 0 unspecified atom stereocenters. The van der Waals surface area contributed by atoms with Crippen LogP contribution in [0.5, 0.6) is 11.5 Å². The zero-order valence-electron chi connectivity index (χ0n) is 10.3. The maximum atomic E-state index is 13.1. The number of anilines is 1. The fourth-order valence-electron chi connectivity index (χ4n) is 1.65. The van der Waals surface area contributed by atoms with Crippen molar-refractivity contribution in [2.75, 3.05) is 12.8 Å². The van der Waals surface area contributed by atoms with Crippen LogP contribution in [-0.4, -0.2) is 7.11 Å². The van der Waals surface area contributed by atoms with E-state index in [0.717, 1.165) is 10.0 Å². The number of benzene rings is 2. The molecule has 0 saturated heterocycles. The molecule has 0 radical (unpaired) electrons. The molecule has 0 saturated carbocycles. The summed E-state index contributed by atoms with van der Waals surface area (Å²) in [5.41, 5.74) is 6.97. The Labute approximate surface area is 119 Å². The summed E-state index contributed by atoms with van der Waals surface area (Å²) in [5, 5.41) is 0. The summed E-state index contributed by atoms with van der Waals surface area (Å²) in [6.45, 7) is 0.246. The average Bonchev–Trinajstić information content (AvgIpc) is 2.40. The smallest absolute Gasteiger partial charge is 0.145 e. The summed E-state index contributed by atoms with van der Waals surface area (Å²) in [7, 11) is 1.59. The first-order chi connectivity index (χ1) is 9.10. The average molecular weight is 326 g/mol. The molecule has 0 aliphatic carbocycles. The molecule has 0 amide bonds. The molecule has 0 spiro atoms. The largest absolute Gasteiger partial charge is 0.496 e. The van der Waals surface area contributed by atoms with E-state index >= 15 is 0 Å². The van der Waals surface area contributed by atoms with Crippen LogP contribution >= 0.6 is 15.9 Å². The SMILES string of the molecule is COc1ccc(Br)cc1COc1cc(F)ccc1N. The molecule has 2 rings (SSSR count). The van der Waals surface area contributed by atoms with Gasteiger partial charge in [-0.25, -0.2) is 4.39 Å². The Morgan fingerprint density at radius 2 is 1.95 bits per heavy atom. The first-order valence-corrected chi connectivity index (χ1v) is 6.39. The molecule has 2 aromatic rings. The lowest BCUT2D eigenvalue weighted by Crippen LogP contribution is -2.01. The number of hydrogen-bond donors (Lipinski definition) is 1. The Morgan fingerprint density at radius 1 is 1.16 bits per heavy atom. The maximum absolute atomic E-state index is 13.1. The third-order valence-electron chi connectivity index (χ3n) is 2.60. The van der Waals surface area contributed by atoms with Gasteiger partial charge in [0.25, 0.3) is 0 Å². The second-order valence-electron chi connectivity index (χ2n) is 3.93. The van der Waals surface area contributed by atoms with Crippen LogP contribution in [0.25, 0.3) is 0 Å². The molecule has 5 heteroatoms. The third kappa shape index (κ3) is 3.38. The number of nitrogens with two attached hydrogens (primary N) is 1. The van der Waals surface area contributed by atoms with Crippen LogP contribution < -0.4 is 15.2 Å². The highest BCUT2D eigenvalue weighted by atomic mass is 79.9. The Balaban J connectivity index is 2.18. The molecule has 0 atom stereocenters. The summed E-state index contributed by atoms with van der Waals surface area (Å²) >= 11 is 3.38. The van der Waals surface area contributed by atoms with Crippen LogP contribution in [0.4, 0.5) is 10.1 Å². The molecule has 0 aliphatic heterocycles. The first-order valence-electron chi connectivity index (χ1n) is 5.60. The van der Waals surface area contributed by atoms with Gasteiger partial charge in [0.2, 0.25) is 0 Å². The Kier molecular flexibility index (Phi) is 4.27. The van der Waals surface area contributed by atoms with E-state index in [1.807, 2.05) is 18.2 Å². The van der Waals surface area contributed by atoms with Crippen LogP contribution in [0.2, 0.25) is 0 Å². The van der Waals surface area contributed by atoms with Gasteiger partial charge in [0.1, 0.15) is 23.9 Å². The minimum atomic E-state index is -0.384. The lowest BCUT2D eigenvalue weighted by atomic mass is 10.2. The maximum Gasteiger partial charge on any atom is 0.145 e. The second kappa shape index (κ2) is 5.93. The summed E-state index contributed by atoms with van der Waals surface area (Å²) in [6.07, 6.45) is 0. The summed E-state index contributed by atoms with van der Waals surface area (Å²) < 4.78 is 24.8. The predicted octanol–water partition coefficient (Wildman–Crippen LogP) is 3.76. The highest BCUT2D eigenvalue weighted by molar-refractivity contribution is 9.10. The van der Waals surface area contributed by atoms with Crippen molar-refractivity contribution in [2.24, 2.45) is 0 Å². The highest BCUT2D eigenvalue weighted by Crippen LogP contribution is 2.27. The molecule has 100 valence electrons. The Hall–Kier alpha value is -1.75. The zero-order chi connectivity index (χ0) is 13.8. The fourth-order valence-corrected chi connectivity index (χ4v) is 2.06. The van der Waals surface area contributed by atoms with E-state index in [0.29, 0.717) is 17.2 Å². The van der Waals surface area contributed by atoms with Crippen molar-refractivity contribution in [1.29, 1.82) is 0 Å². The van der Waals surface area contributed by atoms with Crippen LogP contribution in [0.1, 0.15) is 5.56 Å². The monoisotopic (exact) mass is 325 g/mol. The van der Waals surface area contributed by atoms with Gasteiger partial charge in [-0.05, 0) is 30.3 Å². The van der Waals surface area contributed by atoms with Gasteiger partial charge in [-0.3, -0.25) is 0 Å². The number of methoxy groups -OCH3 is 1. The lowest BCUT2D eigenvalue weighted by Gasteiger charge is -2.12. The molecule has 0 heterocycles. The quantitative estimate of drug-likeness (QED) is 0.870. The number of ether oxygens (including phenoxy) is 2. The number of hydrogen-bond acceptors (Lipinski definition) is 3. The molecule has 3 nitrogen and oxygen atoms in total. The van der Waals surface area contributed by atoms with Crippen molar-refractivity contribution < 1.29 is 13.9 Å². The van der Waals surface area contributed by atoms with Crippen molar-refractivity contribution in [3.05, 3.63) is 52.3 Å². The Bertz CT molecular complexity index is 590. The number of rotatable bonds is 4. The van der Waals surface area contributed by atoms with Gasteiger partial charge < -0.3 is 15.2 Å². The van der Waals surface area contributed by atoms with E-state index in [2.05, 4.69) is 15.9 Å². The summed E-state index contributed by atoms with van der Waals surface area (Å²) in [4.78, 5) is 0. The van der Waals surface area contributed by atoms with E-state index < -0.39 is 0 Å². The fraction of sp³-hybridized carbons (Fsp3) is 0.143. The second-order valence-corrected chi connectivity index (χ2v) is 4.84. The first kappa shape index (κ1) is 13.7. The topological polar surface area (TPSA) is 44.5 Å². The zero-order valence-corrected chi connectivity index (χ0v) is 11.9. The molecule has 0 fully saturated rings. The van der Waals surface area contributed by atoms with Gasteiger partial charge in [-0.15, -0.1) is 0 Å². The van der Waals surface area contributed by atoms with Crippen LogP contribution in [-0.2, 0) is 6.61 Å². The van der Waals surface area contributed by atoms with Crippen LogP contribution in [0.15, 0.2) is 40.9 Å². The normalized spacial score (nSPS) is 10.3. The highest BCUT2D eigenvalue weighted by Gasteiger charge is 2.07. The predicted molar refractivity (Wildman–Crippen MR) is 75.8 cm³/mol. The molecule has 0 bridgehead atoms.